The molecule has 1 unspecified atom stereocenters. The molecular formula is C21H28F3N5O. The van der Waals surface area contributed by atoms with Gasteiger partial charge in [-0.25, -0.2) is 4.99 Å². The predicted octanol–water partition coefficient (Wildman–Crippen LogP) is 3.59. The van der Waals surface area contributed by atoms with Gasteiger partial charge in [-0.05, 0) is 37.5 Å². The minimum absolute atomic E-state index is 0.221. The standard InChI is InChI=1S/C21H28F3N5O/c1-3-17-11-19(30-28-17)12-26-20(25-4-2)27-18-9-10-29(14-18)13-15-5-7-16(8-6-15)21(22,23)24/h5-8,11,18H,3-4,9-10,12-14H2,1-2H3,(H2,25,26,27). The SMILES string of the molecule is CCNC(=NCc1cc(CC)no1)NC1CCN(Cc2ccc(C(F)(F)F)cc2)C1. The van der Waals surface area contributed by atoms with E-state index in [1.165, 1.54) is 0 Å². The van der Waals surface area contributed by atoms with E-state index in [-0.39, 0.29) is 6.04 Å². The molecule has 164 valence electrons. The lowest BCUT2D eigenvalue weighted by molar-refractivity contribution is -0.137. The molecule has 0 bridgehead atoms. The van der Waals surface area contributed by atoms with Crippen molar-refractivity contribution in [1.82, 2.24) is 20.7 Å². The number of nitrogens with one attached hydrogen (secondary N) is 2. The van der Waals surface area contributed by atoms with Crippen LogP contribution in [0.15, 0.2) is 39.8 Å². The molecule has 0 spiro atoms. The van der Waals surface area contributed by atoms with E-state index in [1.807, 2.05) is 19.9 Å². The van der Waals surface area contributed by atoms with Crippen LogP contribution in [-0.2, 0) is 25.7 Å². The zero-order chi connectivity index (χ0) is 21.6. The lowest BCUT2D eigenvalue weighted by Gasteiger charge is -2.19. The molecule has 0 amide bonds. The van der Waals surface area contributed by atoms with Crippen LogP contribution < -0.4 is 10.6 Å². The Morgan fingerprint density at radius 2 is 2.03 bits per heavy atom. The second kappa shape index (κ2) is 9.97. The van der Waals surface area contributed by atoms with Crippen LogP contribution in [0, 0.1) is 0 Å². The number of aliphatic imine (C=N–C) groups is 1. The van der Waals surface area contributed by atoms with Gasteiger partial charge in [0.15, 0.2) is 11.7 Å². The fraction of sp³-hybridized carbons (Fsp3) is 0.524. The molecule has 2 heterocycles. The number of alkyl halides is 3. The van der Waals surface area contributed by atoms with Gasteiger partial charge in [-0.1, -0.05) is 24.2 Å². The van der Waals surface area contributed by atoms with Crippen molar-refractivity contribution in [3.05, 3.63) is 52.9 Å². The average Bonchev–Trinajstić information content (AvgIpc) is 3.35. The molecule has 6 nitrogen and oxygen atoms in total. The molecule has 2 N–H and O–H groups in total. The number of nitrogens with zero attached hydrogens (tertiary/aromatic N) is 3. The van der Waals surface area contributed by atoms with Crippen molar-refractivity contribution >= 4 is 5.96 Å². The fourth-order valence-electron chi connectivity index (χ4n) is 3.42. The van der Waals surface area contributed by atoms with Gasteiger partial charge < -0.3 is 15.2 Å². The minimum atomic E-state index is -4.30. The highest BCUT2D eigenvalue weighted by molar-refractivity contribution is 5.80. The Morgan fingerprint density at radius 1 is 1.27 bits per heavy atom. The summed E-state index contributed by atoms with van der Waals surface area (Å²) in [6.07, 6.45) is -2.54. The lowest BCUT2D eigenvalue weighted by Crippen LogP contribution is -2.44. The summed E-state index contributed by atoms with van der Waals surface area (Å²) in [7, 11) is 0. The first-order chi connectivity index (χ1) is 14.4. The van der Waals surface area contributed by atoms with Crippen molar-refractivity contribution in [3.63, 3.8) is 0 Å². The van der Waals surface area contributed by atoms with Crippen LogP contribution in [-0.4, -0.2) is 41.7 Å². The third-order valence-electron chi connectivity index (χ3n) is 5.01. The summed E-state index contributed by atoms with van der Waals surface area (Å²) in [5, 5.41) is 10.7. The Hall–Kier alpha value is -2.55. The number of guanidine groups is 1. The highest BCUT2D eigenvalue weighted by Gasteiger charge is 2.30. The van der Waals surface area contributed by atoms with E-state index in [9.17, 15) is 13.2 Å². The number of halogens is 3. The van der Waals surface area contributed by atoms with Gasteiger partial charge in [0.05, 0.1) is 11.3 Å². The summed E-state index contributed by atoms with van der Waals surface area (Å²) >= 11 is 0. The van der Waals surface area contributed by atoms with Gasteiger partial charge in [0.25, 0.3) is 0 Å². The van der Waals surface area contributed by atoms with Gasteiger partial charge in [-0.2, -0.15) is 13.2 Å². The maximum atomic E-state index is 12.7. The van der Waals surface area contributed by atoms with E-state index in [2.05, 4.69) is 25.7 Å². The van der Waals surface area contributed by atoms with Crippen molar-refractivity contribution < 1.29 is 17.7 Å². The summed E-state index contributed by atoms with van der Waals surface area (Å²) in [6, 6.07) is 7.52. The van der Waals surface area contributed by atoms with Crippen molar-refractivity contribution in [2.45, 2.75) is 52.0 Å². The first kappa shape index (κ1) is 22.1. The van der Waals surface area contributed by atoms with E-state index < -0.39 is 11.7 Å². The average molecular weight is 423 g/mol. The van der Waals surface area contributed by atoms with Crippen molar-refractivity contribution in [2.24, 2.45) is 4.99 Å². The monoisotopic (exact) mass is 423 g/mol. The quantitative estimate of drug-likeness (QED) is 0.526. The molecule has 1 aliphatic heterocycles. The summed E-state index contributed by atoms with van der Waals surface area (Å²) in [5.41, 5.74) is 1.17. The molecule has 1 aliphatic rings. The molecule has 30 heavy (non-hydrogen) atoms. The second-order valence-electron chi connectivity index (χ2n) is 7.39. The fourth-order valence-corrected chi connectivity index (χ4v) is 3.42. The molecule has 1 aromatic carbocycles. The molecule has 3 rings (SSSR count). The summed E-state index contributed by atoms with van der Waals surface area (Å²) in [4.78, 5) is 6.80. The maximum Gasteiger partial charge on any atom is 0.416 e. The Balaban J connectivity index is 1.52. The largest absolute Gasteiger partial charge is 0.416 e. The summed E-state index contributed by atoms with van der Waals surface area (Å²) < 4.78 is 43.4. The molecule has 1 atom stereocenters. The summed E-state index contributed by atoms with van der Waals surface area (Å²) in [6.45, 7) is 7.48. The van der Waals surface area contributed by atoms with E-state index in [1.54, 1.807) is 12.1 Å². The number of hydrogen-bond donors (Lipinski definition) is 2. The molecule has 0 radical (unpaired) electrons. The molecule has 0 aliphatic carbocycles. The third-order valence-corrected chi connectivity index (χ3v) is 5.01. The Labute approximate surface area is 174 Å². The van der Waals surface area contributed by atoms with Crippen molar-refractivity contribution in [2.75, 3.05) is 19.6 Å². The van der Waals surface area contributed by atoms with Gasteiger partial charge in [-0.15, -0.1) is 0 Å². The zero-order valence-electron chi connectivity index (χ0n) is 17.3. The topological polar surface area (TPSA) is 65.7 Å². The van der Waals surface area contributed by atoms with Crippen LogP contribution >= 0.6 is 0 Å². The maximum absolute atomic E-state index is 12.7. The second-order valence-corrected chi connectivity index (χ2v) is 7.39. The lowest BCUT2D eigenvalue weighted by atomic mass is 10.1. The highest BCUT2D eigenvalue weighted by atomic mass is 19.4. The van der Waals surface area contributed by atoms with Gasteiger partial charge >= 0.3 is 6.18 Å². The number of benzene rings is 1. The minimum Gasteiger partial charge on any atom is -0.359 e. The Morgan fingerprint density at radius 3 is 2.67 bits per heavy atom. The molecular weight excluding hydrogens is 395 g/mol. The van der Waals surface area contributed by atoms with E-state index in [0.29, 0.717) is 19.0 Å². The number of aromatic nitrogens is 1. The molecule has 1 fully saturated rings. The predicted molar refractivity (Wildman–Crippen MR) is 109 cm³/mol. The number of rotatable bonds is 7. The molecule has 9 heteroatoms. The number of aryl methyl sites for hydroxylation is 1. The van der Waals surface area contributed by atoms with Crippen LogP contribution in [0.25, 0.3) is 0 Å². The smallest absolute Gasteiger partial charge is 0.359 e. The molecule has 0 saturated carbocycles. The van der Waals surface area contributed by atoms with E-state index in [0.717, 1.165) is 61.6 Å². The van der Waals surface area contributed by atoms with E-state index in [4.69, 9.17) is 4.52 Å². The van der Waals surface area contributed by atoms with Gasteiger partial charge in [0, 0.05) is 38.3 Å². The molecule has 1 aromatic heterocycles. The van der Waals surface area contributed by atoms with Gasteiger partial charge in [0.1, 0.15) is 6.54 Å². The van der Waals surface area contributed by atoms with E-state index >= 15 is 0 Å². The highest BCUT2D eigenvalue weighted by Crippen LogP contribution is 2.29. The van der Waals surface area contributed by atoms with Crippen LogP contribution in [0.1, 0.15) is 42.8 Å². The first-order valence-corrected chi connectivity index (χ1v) is 10.2. The third kappa shape index (κ3) is 6.22. The molecule has 1 saturated heterocycles. The number of likely N-dealkylation sites (tertiary alicyclic amines) is 1. The Kier molecular flexibility index (Phi) is 7.36. The van der Waals surface area contributed by atoms with Crippen molar-refractivity contribution in [3.8, 4) is 0 Å². The Bertz CT molecular complexity index is 832. The van der Waals surface area contributed by atoms with Crippen LogP contribution in [0.4, 0.5) is 13.2 Å². The van der Waals surface area contributed by atoms with Crippen LogP contribution in [0.5, 0.6) is 0 Å². The first-order valence-electron chi connectivity index (χ1n) is 10.2. The normalized spacial score (nSPS) is 18.0. The van der Waals surface area contributed by atoms with Crippen LogP contribution in [0.3, 0.4) is 0 Å². The van der Waals surface area contributed by atoms with Gasteiger partial charge in [-0.3, -0.25) is 4.90 Å². The van der Waals surface area contributed by atoms with Gasteiger partial charge in [0.2, 0.25) is 0 Å². The zero-order valence-corrected chi connectivity index (χ0v) is 17.3. The summed E-state index contributed by atoms with van der Waals surface area (Å²) in [5.74, 6) is 1.44. The van der Waals surface area contributed by atoms with Crippen LogP contribution in [0.2, 0.25) is 0 Å². The van der Waals surface area contributed by atoms with Crippen molar-refractivity contribution in [1.29, 1.82) is 0 Å². The number of hydrogen-bond acceptors (Lipinski definition) is 4. The molecule has 2 aromatic rings.